The van der Waals surface area contributed by atoms with Gasteiger partial charge in [-0.1, -0.05) is 61.4 Å². The maximum absolute atomic E-state index is 4.58. The van der Waals surface area contributed by atoms with Crippen molar-refractivity contribution in [3.05, 3.63) is 57.0 Å². The van der Waals surface area contributed by atoms with Crippen molar-refractivity contribution in [2.75, 3.05) is 5.32 Å². The van der Waals surface area contributed by atoms with Crippen LogP contribution in [-0.4, -0.2) is 4.98 Å². The molecule has 0 saturated carbocycles. The summed E-state index contributed by atoms with van der Waals surface area (Å²) in [5, 5.41) is 4.32. The lowest BCUT2D eigenvalue weighted by Gasteiger charge is -2.04. The molecular weight excluding hydrogens is 388 g/mol. The molecule has 2 nitrogen and oxygen atoms in total. The van der Waals surface area contributed by atoms with E-state index in [2.05, 4.69) is 54.3 Å². The maximum atomic E-state index is 4.58. The fourth-order valence-electron chi connectivity index (χ4n) is 1.79. The third-order valence-corrected chi connectivity index (χ3v) is 5.00. The highest BCUT2D eigenvalue weighted by atomic mass is 79.9. The van der Waals surface area contributed by atoms with Gasteiger partial charge in [0.25, 0.3) is 0 Å². The van der Waals surface area contributed by atoms with Crippen molar-refractivity contribution in [1.29, 1.82) is 0 Å². The molecule has 3 rings (SSSR count). The SMILES string of the molecule is Brc1ccc2sc(NCc3ccccc3Br)nc2c1. The van der Waals surface area contributed by atoms with E-state index in [1.807, 2.05) is 30.3 Å². The van der Waals surface area contributed by atoms with E-state index in [-0.39, 0.29) is 0 Å². The van der Waals surface area contributed by atoms with Crippen molar-refractivity contribution in [2.45, 2.75) is 6.54 Å². The average Bonchev–Trinajstić information content (AvgIpc) is 2.79. The molecule has 0 aliphatic heterocycles. The Morgan fingerprint density at radius 2 is 1.95 bits per heavy atom. The largest absolute Gasteiger partial charge is 0.357 e. The second kappa shape index (κ2) is 5.61. The second-order valence-corrected chi connectivity index (χ2v) is 6.88. The van der Waals surface area contributed by atoms with E-state index in [0.717, 1.165) is 26.1 Å². The summed E-state index contributed by atoms with van der Waals surface area (Å²) in [6.07, 6.45) is 0. The third-order valence-electron chi connectivity index (χ3n) is 2.74. The molecule has 0 bridgehead atoms. The Morgan fingerprint density at radius 1 is 1.11 bits per heavy atom. The Hall–Kier alpha value is -0.910. The van der Waals surface area contributed by atoms with Crippen LogP contribution in [0.3, 0.4) is 0 Å². The summed E-state index contributed by atoms with van der Waals surface area (Å²) in [5.74, 6) is 0. The second-order valence-electron chi connectivity index (χ2n) is 4.08. The van der Waals surface area contributed by atoms with E-state index >= 15 is 0 Å². The Bertz CT molecular complexity index is 724. The predicted octanol–water partition coefficient (Wildman–Crippen LogP) is 5.43. The minimum Gasteiger partial charge on any atom is -0.357 e. The molecule has 1 N–H and O–H groups in total. The van der Waals surface area contributed by atoms with Crippen LogP contribution in [0.25, 0.3) is 10.2 Å². The van der Waals surface area contributed by atoms with Gasteiger partial charge in [0, 0.05) is 15.5 Å². The van der Waals surface area contributed by atoms with Crippen molar-refractivity contribution >= 4 is 58.5 Å². The summed E-state index contributed by atoms with van der Waals surface area (Å²) in [4.78, 5) is 4.58. The molecule has 0 spiro atoms. The summed E-state index contributed by atoms with van der Waals surface area (Å²) in [5.41, 5.74) is 2.25. The summed E-state index contributed by atoms with van der Waals surface area (Å²) >= 11 is 8.69. The van der Waals surface area contributed by atoms with Gasteiger partial charge in [0.05, 0.1) is 10.2 Å². The van der Waals surface area contributed by atoms with Crippen LogP contribution in [0.2, 0.25) is 0 Å². The molecule has 5 heteroatoms. The summed E-state index contributed by atoms with van der Waals surface area (Å²) in [6, 6.07) is 14.4. The van der Waals surface area contributed by atoms with Gasteiger partial charge >= 0.3 is 0 Å². The zero-order valence-electron chi connectivity index (χ0n) is 9.86. The monoisotopic (exact) mass is 396 g/mol. The first kappa shape index (κ1) is 13.1. The highest BCUT2D eigenvalue weighted by molar-refractivity contribution is 9.10. The number of halogens is 2. The summed E-state index contributed by atoms with van der Waals surface area (Å²) in [6.45, 7) is 0.766. The topological polar surface area (TPSA) is 24.9 Å². The molecule has 0 fully saturated rings. The Balaban J connectivity index is 1.80. The Labute approximate surface area is 132 Å². The number of hydrogen-bond acceptors (Lipinski definition) is 3. The first-order valence-corrected chi connectivity index (χ1v) is 8.16. The van der Waals surface area contributed by atoms with Gasteiger partial charge in [-0.3, -0.25) is 0 Å². The molecule has 1 heterocycles. The fraction of sp³-hybridized carbons (Fsp3) is 0.0714. The number of fused-ring (bicyclic) bond motifs is 1. The van der Waals surface area contributed by atoms with Crippen LogP contribution in [0, 0.1) is 0 Å². The maximum Gasteiger partial charge on any atom is 0.184 e. The molecule has 0 aliphatic rings. The van der Waals surface area contributed by atoms with Crippen molar-refractivity contribution in [1.82, 2.24) is 4.98 Å². The number of rotatable bonds is 3. The first-order chi connectivity index (χ1) is 9.22. The highest BCUT2D eigenvalue weighted by Gasteiger charge is 2.05. The van der Waals surface area contributed by atoms with Crippen LogP contribution in [-0.2, 0) is 6.54 Å². The lowest BCUT2D eigenvalue weighted by Crippen LogP contribution is -1.99. The Kier molecular flexibility index (Phi) is 3.86. The smallest absolute Gasteiger partial charge is 0.184 e. The predicted molar refractivity (Wildman–Crippen MR) is 88.8 cm³/mol. The standard InChI is InChI=1S/C14H10Br2N2S/c15-10-5-6-13-12(7-10)18-14(19-13)17-8-9-3-1-2-4-11(9)16/h1-7H,8H2,(H,17,18). The van der Waals surface area contributed by atoms with Crippen molar-refractivity contribution < 1.29 is 0 Å². The van der Waals surface area contributed by atoms with Crippen LogP contribution < -0.4 is 5.32 Å². The number of thiazole rings is 1. The van der Waals surface area contributed by atoms with Crippen LogP contribution in [0.1, 0.15) is 5.56 Å². The minimum absolute atomic E-state index is 0.766. The molecule has 2 aromatic carbocycles. The highest BCUT2D eigenvalue weighted by Crippen LogP contribution is 2.28. The molecule has 0 radical (unpaired) electrons. The van der Waals surface area contributed by atoms with E-state index < -0.39 is 0 Å². The van der Waals surface area contributed by atoms with Crippen LogP contribution in [0.15, 0.2) is 51.4 Å². The van der Waals surface area contributed by atoms with Gasteiger partial charge in [0.15, 0.2) is 5.13 Å². The van der Waals surface area contributed by atoms with E-state index in [9.17, 15) is 0 Å². The van der Waals surface area contributed by atoms with E-state index in [1.165, 1.54) is 10.3 Å². The molecule has 19 heavy (non-hydrogen) atoms. The molecule has 0 saturated heterocycles. The lowest BCUT2D eigenvalue weighted by atomic mass is 10.2. The van der Waals surface area contributed by atoms with E-state index in [1.54, 1.807) is 11.3 Å². The number of nitrogens with zero attached hydrogens (tertiary/aromatic N) is 1. The molecule has 96 valence electrons. The zero-order valence-corrected chi connectivity index (χ0v) is 13.8. The molecule has 0 aliphatic carbocycles. The molecule has 3 aromatic rings. The number of nitrogens with one attached hydrogen (secondary N) is 1. The molecular formula is C14H10Br2N2S. The molecule has 1 aromatic heterocycles. The Morgan fingerprint density at radius 3 is 2.79 bits per heavy atom. The summed E-state index contributed by atoms with van der Waals surface area (Å²) < 4.78 is 3.37. The van der Waals surface area contributed by atoms with Gasteiger partial charge in [-0.15, -0.1) is 0 Å². The molecule has 0 atom stereocenters. The average molecular weight is 398 g/mol. The minimum atomic E-state index is 0.766. The third kappa shape index (κ3) is 2.99. The first-order valence-electron chi connectivity index (χ1n) is 5.76. The normalized spacial score (nSPS) is 10.8. The number of anilines is 1. The van der Waals surface area contributed by atoms with E-state index in [4.69, 9.17) is 0 Å². The number of aromatic nitrogens is 1. The number of benzene rings is 2. The fourth-order valence-corrected chi connectivity index (χ4v) is 3.40. The van der Waals surface area contributed by atoms with E-state index in [0.29, 0.717) is 0 Å². The van der Waals surface area contributed by atoms with Gasteiger partial charge in [-0.05, 0) is 29.8 Å². The van der Waals surface area contributed by atoms with Crippen molar-refractivity contribution in [2.24, 2.45) is 0 Å². The zero-order chi connectivity index (χ0) is 13.2. The van der Waals surface area contributed by atoms with Crippen LogP contribution >= 0.6 is 43.2 Å². The van der Waals surface area contributed by atoms with Gasteiger partial charge in [-0.2, -0.15) is 0 Å². The number of hydrogen-bond donors (Lipinski definition) is 1. The lowest BCUT2D eigenvalue weighted by molar-refractivity contribution is 1.13. The van der Waals surface area contributed by atoms with Gasteiger partial charge < -0.3 is 5.32 Å². The van der Waals surface area contributed by atoms with Gasteiger partial charge in [0.2, 0.25) is 0 Å². The van der Waals surface area contributed by atoms with Gasteiger partial charge in [0.1, 0.15) is 0 Å². The van der Waals surface area contributed by atoms with Crippen LogP contribution in [0.5, 0.6) is 0 Å². The van der Waals surface area contributed by atoms with Crippen molar-refractivity contribution in [3.8, 4) is 0 Å². The van der Waals surface area contributed by atoms with Gasteiger partial charge in [-0.25, -0.2) is 4.98 Å². The van der Waals surface area contributed by atoms with Crippen molar-refractivity contribution in [3.63, 3.8) is 0 Å². The quantitative estimate of drug-likeness (QED) is 0.636. The van der Waals surface area contributed by atoms with Crippen LogP contribution in [0.4, 0.5) is 5.13 Å². The molecule has 0 amide bonds. The summed E-state index contributed by atoms with van der Waals surface area (Å²) in [7, 11) is 0. The molecule has 0 unspecified atom stereocenters.